The van der Waals surface area contributed by atoms with Gasteiger partial charge in [0, 0.05) is 31.7 Å². The first kappa shape index (κ1) is 17.9. The van der Waals surface area contributed by atoms with Gasteiger partial charge in [-0.2, -0.15) is 0 Å². The Bertz CT molecular complexity index is 653. The van der Waals surface area contributed by atoms with Gasteiger partial charge in [0.1, 0.15) is 5.75 Å². The van der Waals surface area contributed by atoms with Crippen molar-refractivity contribution in [2.24, 2.45) is 5.92 Å². The third-order valence-corrected chi connectivity index (χ3v) is 4.77. The molecule has 25 heavy (non-hydrogen) atoms. The van der Waals surface area contributed by atoms with E-state index in [9.17, 15) is 9.59 Å². The molecular formula is C19H26N2O4. The SMILES string of the molecule is CC(=O)c1ccc2c(c1)N(CCN1CCOCC1)C(=O)C(C(C)C)O2. The number of hydrogen-bond acceptors (Lipinski definition) is 5. The van der Waals surface area contributed by atoms with E-state index >= 15 is 0 Å². The molecule has 1 saturated heterocycles. The Balaban J connectivity index is 1.86. The van der Waals surface area contributed by atoms with E-state index < -0.39 is 6.10 Å². The number of hydrogen-bond donors (Lipinski definition) is 0. The number of ether oxygens (including phenoxy) is 2. The first-order chi connectivity index (χ1) is 12.0. The first-order valence-electron chi connectivity index (χ1n) is 8.90. The van der Waals surface area contributed by atoms with Gasteiger partial charge in [0.25, 0.3) is 5.91 Å². The maximum atomic E-state index is 13.0. The smallest absolute Gasteiger partial charge is 0.268 e. The van der Waals surface area contributed by atoms with Crippen molar-refractivity contribution < 1.29 is 19.1 Å². The molecule has 1 amide bonds. The van der Waals surface area contributed by atoms with Gasteiger partial charge in [-0.15, -0.1) is 0 Å². The van der Waals surface area contributed by atoms with E-state index in [1.165, 1.54) is 6.92 Å². The van der Waals surface area contributed by atoms with E-state index in [0.717, 1.165) is 32.8 Å². The van der Waals surface area contributed by atoms with Crippen LogP contribution in [0.5, 0.6) is 5.75 Å². The number of fused-ring (bicyclic) bond motifs is 1. The number of amides is 1. The molecule has 2 heterocycles. The topological polar surface area (TPSA) is 59.1 Å². The first-order valence-corrected chi connectivity index (χ1v) is 8.90. The second-order valence-corrected chi connectivity index (χ2v) is 6.97. The Morgan fingerprint density at radius 1 is 1.24 bits per heavy atom. The number of carbonyl (C=O) groups excluding carboxylic acids is 2. The number of carbonyl (C=O) groups is 2. The van der Waals surface area contributed by atoms with Gasteiger partial charge in [-0.25, -0.2) is 0 Å². The highest BCUT2D eigenvalue weighted by Gasteiger charge is 2.36. The molecule has 1 aromatic carbocycles. The van der Waals surface area contributed by atoms with Crippen LogP contribution in [-0.4, -0.2) is 62.1 Å². The molecule has 3 rings (SSSR count). The molecule has 2 aliphatic rings. The number of rotatable bonds is 5. The molecule has 1 atom stereocenters. The molecule has 0 spiro atoms. The summed E-state index contributed by atoms with van der Waals surface area (Å²) in [6.45, 7) is 10.1. The van der Waals surface area contributed by atoms with Crippen molar-refractivity contribution in [1.82, 2.24) is 4.90 Å². The van der Waals surface area contributed by atoms with Crippen LogP contribution in [0.3, 0.4) is 0 Å². The van der Waals surface area contributed by atoms with E-state index in [4.69, 9.17) is 9.47 Å². The maximum Gasteiger partial charge on any atom is 0.268 e. The standard InChI is InChI=1S/C19H26N2O4/c1-13(2)18-19(23)21(7-6-20-8-10-24-11-9-20)16-12-15(14(3)22)4-5-17(16)25-18/h4-5,12-13,18H,6-11H2,1-3H3. The summed E-state index contributed by atoms with van der Waals surface area (Å²) in [5, 5.41) is 0. The lowest BCUT2D eigenvalue weighted by atomic mass is 10.0. The Labute approximate surface area is 148 Å². The van der Waals surface area contributed by atoms with Crippen molar-refractivity contribution in [2.75, 3.05) is 44.3 Å². The third kappa shape index (κ3) is 3.85. The molecule has 2 aliphatic heterocycles. The van der Waals surface area contributed by atoms with E-state index in [2.05, 4.69) is 4.90 Å². The van der Waals surface area contributed by atoms with Gasteiger partial charge in [0.2, 0.25) is 0 Å². The monoisotopic (exact) mass is 346 g/mol. The largest absolute Gasteiger partial charge is 0.478 e. The van der Waals surface area contributed by atoms with E-state index in [1.807, 2.05) is 13.8 Å². The highest BCUT2D eigenvalue weighted by atomic mass is 16.5. The lowest BCUT2D eigenvalue weighted by Gasteiger charge is -2.37. The van der Waals surface area contributed by atoms with Crippen molar-refractivity contribution >= 4 is 17.4 Å². The molecular weight excluding hydrogens is 320 g/mol. The molecule has 0 N–H and O–H groups in total. The van der Waals surface area contributed by atoms with Crippen LogP contribution in [0.1, 0.15) is 31.1 Å². The van der Waals surface area contributed by atoms with Crippen LogP contribution in [0.25, 0.3) is 0 Å². The fourth-order valence-corrected chi connectivity index (χ4v) is 3.22. The molecule has 0 aromatic heterocycles. The fourth-order valence-electron chi connectivity index (χ4n) is 3.22. The number of anilines is 1. The minimum absolute atomic E-state index is 0.0191. The minimum atomic E-state index is -0.486. The summed E-state index contributed by atoms with van der Waals surface area (Å²) in [4.78, 5) is 28.8. The predicted octanol–water partition coefficient (Wildman–Crippen LogP) is 1.97. The number of morpholine rings is 1. The van der Waals surface area contributed by atoms with Crippen molar-refractivity contribution in [3.8, 4) is 5.75 Å². The average Bonchev–Trinajstić information content (AvgIpc) is 2.60. The van der Waals surface area contributed by atoms with Crippen LogP contribution >= 0.6 is 0 Å². The second kappa shape index (κ2) is 7.54. The maximum absolute atomic E-state index is 13.0. The zero-order valence-electron chi connectivity index (χ0n) is 15.2. The molecule has 136 valence electrons. The lowest BCUT2D eigenvalue weighted by molar-refractivity contribution is -0.128. The Morgan fingerprint density at radius 2 is 1.96 bits per heavy atom. The summed E-state index contributed by atoms with van der Waals surface area (Å²) in [7, 11) is 0. The zero-order chi connectivity index (χ0) is 18.0. The molecule has 0 radical (unpaired) electrons. The summed E-state index contributed by atoms with van der Waals surface area (Å²) < 4.78 is 11.3. The predicted molar refractivity (Wildman–Crippen MR) is 95.3 cm³/mol. The normalized spacial score (nSPS) is 21.2. The fraction of sp³-hybridized carbons (Fsp3) is 0.579. The highest BCUT2D eigenvalue weighted by Crippen LogP contribution is 2.36. The van der Waals surface area contributed by atoms with Crippen molar-refractivity contribution in [3.05, 3.63) is 23.8 Å². The summed E-state index contributed by atoms with van der Waals surface area (Å²) >= 11 is 0. The quantitative estimate of drug-likeness (QED) is 0.763. The van der Waals surface area contributed by atoms with Crippen LogP contribution in [-0.2, 0) is 9.53 Å². The van der Waals surface area contributed by atoms with Crippen LogP contribution in [0.4, 0.5) is 5.69 Å². The molecule has 1 aromatic rings. The summed E-state index contributed by atoms with van der Waals surface area (Å²) in [5.74, 6) is 0.704. The number of ketones is 1. The molecule has 0 aliphatic carbocycles. The number of Topliss-reactive ketones (excluding diaryl/α,β-unsaturated/α-hetero) is 1. The van der Waals surface area contributed by atoms with Crippen molar-refractivity contribution in [3.63, 3.8) is 0 Å². The van der Waals surface area contributed by atoms with E-state index in [-0.39, 0.29) is 17.6 Å². The molecule has 1 fully saturated rings. The van der Waals surface area contributed by atoms with E-state index in [0.29, 0.717) is 23.5 Å². The van der Waals surface area contributed by atoms with E-state index in [1.54, 1.807) is 23.1 Å². The molecule has 0 bridgehead atoms. The minimum Gasteiger partial charge on any atom is -0.478 e. The highest BCUT2D eigenvalue weighted by molar-refractivity contribution is 6.02. The van der Waals surface area contributed by atoms with Crippen molar-refractivity contribution in [2.45, 2.75) is 26.9 Å². The summed E-state index contributed by atoms with van der Waals surface area (Å²) in [6, 6.07) is 5.33. The molecule has 6 heteroatoms. The van der Waals surface area contributed by atoms with Gasteiger partial charge < -0.3 is 14.4 Å². The van der Waals surface area contributed by atoms with Gasteiger partial charge in [0.05, 0.1) is 18.9 Å². The average molecular weight is 346 g/mol. The van der Waals surface area contributed by atoms with Crippen LogP contribution in [0.15, 0.2) is 18.2 Å². The van der Waals surface area contributed by atoms with Gasteiger partial charge in [-0.3, -0.25) is 14.5 Å². The molecule has 0 saturated carbocycles. The molecule has 6 nitrogen and oxygen atoms in total. The van der Waals surface area contributed by atoms with Crippen molar-refractivity contribution in [1.29, 1.82) is 0 Å². The van der Waals surface area contributed by atoms with Gasteiger partial charge in [-0.05, 0) is 31.0 Å². The molecule has 1 unspecified atom stereocenters. The van der Waals surface area contributed by atoms with Crippen LogP contribution in [0, 0.1) is 5.92 Å². The third-order valence-electron chi connectivity index (χ3n) is 4.77. The number of nitrogens with zero attached hydrogens (tertiary/aromatic N) is 2. The van der Waals surface area contributed by atoms with Gasteiger partial charge in [0.15, 0.2) is 11.9 Å². The van der Waals surface area contributed by atoms with Crippen LogP contribution < -0.4 is 9.64 Å². The van der Waals surface area contributed by atoms with Crippen LogP contribution in [0.2, 0.25) is 0 Å². The zero-order valence-corrected chi connectivity index (χ0v) is 15.2. The number of benzene rings is 1. The van der Waals surface area contributed by atoms with Gasteiger partial charge in [-0.1, -0.05) is 13.8 Å². The Hall–Kier alpha value is -1.92. The summed E-state index contributed by atoms with van der Waals surface area (Å²) in [5.41, 5.74) is 1.29. The lowest BCUT2D eigenvalue weighted by Crippen LogP contribution is -2.51. The Kier molecular flexibility index (Phi) is 5.39. The second-order valence-electron chi connectivity index (χ2n) is 6.97. The summed E-state index contributed by atoms with van der Waals surface area (Å²) in [6.07, 6.45) is -0.486. The Morgan fingerprint density at radius 3 is 2.60 bits per heavy atom. The van der Waals surface area contributed by atoms with Gasteiger partial charge >= 0.3 is 0 Å².